The maximum absolute atomic E-state index is 12.3. The molecule has 120 valence electrons. The van der Waals surface area contributed by atoms with Gasteiger partial charge in [0.05, 0.1) is 17.9 Å². The first-order valence-corrected chi connectivity index (χ1v) is 7.40. The lowest BCUT2D eigenvalue weighted by Gasteiger charge is -2.13. The van der Waals surface area contributed by atoms with Crippen molar-refractivity contribution in [3.63, 3.8) is 0 Å². The van der Waals surface area contributed by atoms with Gasteiger partial charge in [-0.3, -0.25) is 5.32 Å². The summed E-state index contributed by atoms with van der Waals surface area (Å²) in [6.07, 6.45) is -0.613. The Balaban J connectivity index is 2.25. The van der Waals surface area contributed by atoms with Crippen LogP contribution < -0.4 is 10.1 Å². The Labute approximate surface area is 139 Å². The van der Waals surface area contributed by atoms with Crippen molar-refractivity contribution >= 4 is 29.4 Å². The number of carbonyl (C=O) groups excluding carboxylic acids is 2. The molecule has 0 bridgehead atoms. The highest BCUT2D eigenvalue weighted by Gasteiger charge is 2.16. The van der Waals surface area contributed by atoms with Gasteiger partial charge in [0, 0.05) is 5.02 Å². The molecule has 0 aromatic heterocycles. The predicted octanol–water partition coefficient (Wildman–Crippen LogP) is 4.44. The molecule has 2 aromatic carbocycles. The Bertz CT molecular complexity index is 730. The number of amides is 1. The van der Waals surface area contributed by atoms with Gasteiger partial charge in [0.15, 0.2) is 5.75 Å². The van der Waals surface area contributed by atoms with Crippen molar-refractivity contribution in [2.75, 3.05) is 11.9 Å². The predicted molar refractivity (Wildman–Crippen MR) is 88.2 cm³/mol. The molecule has 0 atom stereocenters. The van der Waals surface area contributed by atoms with Gasteiger partial charge >= 0.3 is 12.1 Å². The van der Waals surface area contributed by atoms with Crippen molar-refractivity contribution < 1.29 is 19.1 Å². The van der Waals surface area contributed by atoms with Crippen molar-refractivity contribution in [1.82, 2.24) is 0 Å². The molecule has 23 heavy (non-hydrogen) atoms. The highest BCUT2D eigenvalue weighted by Crippen LogP contribution is 2.29. The summed E-state index contributed by atoms with van der Waals surface area (Å²) in [4.78, 5) is 23.8. The van der Waals surface area contributed by atoms with Crippen molar-refractivity contribution in [3.05, 3.63) is 58.6 Å². The van der Waals surface area contributed by atoms with E-state index < -0.39 is 12.1 Å². The van der Waals surface area contributed by atoms with E-state index in [0.717, 1.165) is 0 Å². The summed E-state index contributed by atoms with van der Waals surface area (Å²) in [5, 5.41) is 3.00. The van der Waals surface area contributed by atoms with Crippen LogP contribution in [0.1, 0.15) is 22.8 Å². The van der Waals surface area contributed by atoms with Gasteiger partial charge in [0.25, 0.3) is 0 Å². The fraction of sp³-hybridized carbons (Fsp3) is 0.176. The Morgan fingerprint density at radius 3 is 2.61 bits per heavy atom. The maximum atomic E-state index is 12.3. The van der Waals surface area contributed by atoms with Crippen LogP contribution in [0.3, 0.4) is 0 Å². The van der Waals surface area contributed by atoms with Gasteiger partial charge in [-0.25, -0.2) is 9.59 Å². The van der Waals surface area contributed by atoms with Crippen LogP contribution in [0, 0.1) is 6.92 Å². The molecule has 0 radical (unpaired) electrons. The van der Waals surface area contributed by atoms with Crippen LogP contribution in [0.15, 0.2) is 42.5 Å². The Morgan fingerprint density at radius 2 is 1.91 bits per heavy atom. The van der Waals surface area contributed by atoms with Gasteiger partial charge in [-0.1, -0.05) is 29.8 Å². The van der Waals surface area contributed by atoms with Crippen molar-refractivity contribution in [3.8, 4) is 5.75 Å². The minimum Gasteiger partial charge on any atom is -0.450 e. The SMILES string of the molecule is CCOC(=O)Nc1cccc(C)c1OC(=O)c1cccc(Cl)c1. The van der Waals surface area contributed by atoms with E-state index in [1.165, 1.54) is 6.07 Å². The molecular formula is C17H16ClNO4. The smallest absolute Gasteiger partial charge is 0.411 e. The number of anilines is 1. The normalized spacial score (nSPS) is 10.0. The first-order valence-electron chi connectivity index (χ1n) is 7.02. The van der Waals surface area contributed by atoms with Crippen molar-refractivity contribution in [1.29, 1.82) is 0 Å². The zero-order chi connectivity index (χ0) is 16.8. The zero-order valence-corrected chi connectivity index (χ0v) is 13.5. The molecule has 0 aliphatic heterocycles. The molecule has 0 fully saturated rings. The van der Waals surface area contributed by atoms with E-state index in [1.54, 1.807) is 50.2 Å². The number of esters is 1. The number of nitrogens with one attached hydrogen (secondary N) is 1. The largest absolute Gasteiger partial charge is 0.450 e. The lowest BCUT2D eigenvalue weighted by Crippen LogP contribution is -2.16. The molecule has 5 nitrogen and oxygen atoms in total. The third-order valence-corrected chi connectivity index (χ3v) is 3.21. The Kier molecular flexibility index (Phi) is 5.60. The molecular weight excluding hydrogens is 318 g/mol. The van der Waals surface area contributed by atoms with Gasteiger partial charge in [-0.15, -0.1) is 0 Å². The Morgan fingerprint density at radius 1 is 1.17 bits per heavy atom. The van der Waals surface area contributed by atoms with Gasteiger partial charge in [-0.2, -0.15) is 0 Å². The number of carbonyl (C=O) groups is 2. The van der Waals surface area contributed by atoms with E-state index in [9.17, 15) is 9.59 Å². The number of benzene rings is 2. The second-order valence-corrected chi connectivity index (χ2v) is 5.13. The summed E-state index contributed by atoms with van der Waals surface area (Å²) >= 11 is 5.88. The molecule has 0 aliphatic rings. The molecule has 0 spiro atoms. The lowest BCUT2D eigenvalue weighted by atomic mass is 10.2. The molecule has 0 aliphatic carbocycles. The molecule has 1 N–H and O–H groups in total. The average Bonchev–Trinajstić information content (AvgIpc) is 2.51. The van der Waals surface area contributed by atoms with Crippen LogP contribution >= 0.6 is 11.6 Å². The minimum absolute atomic E-state index is 0.245. The highest BCUT2D eigenvalue weighted by atomic mass is 35.5. The second-order valence-electron chi connectivity index (χ2n) is 4.70. The first kappa shape index (κ1) is 16.8. The molecule has 0 heterocycles. The van der Waals surface area contributed by atoms with Gasteiger partial charge in [-0.05, 0) is 43.7 Å². The van der Waals surface area contributed by atoms with Crippen LogP contribution in [0.4, 0.5) is 10.5 Å². The molecule has 2 rings (SSSR count). The minimum atomic E-state index is -0.613. The third-order valence-electron chi connectivity index (χ3n) is 2.98. The van der Waals surface area contributed by atoms with E-state index >= 15 is 0 Å². The van der Waals surface area contributed by atoms with E-state index in [-0.39, 0.29) is 12.4 Å². The summed E-state index contributed by atoms with van der Waals surface area (Å²) in [5.41, 5.74) is 1.39. The van der Waals surface area contributed by atoms with Crippen LogP contribution in [0.5, 0.6) is 5.75 Å². The quantitative estimate of drug-likeness (QED) is 0.663. The maximum Gasteiger partial charge on any atom is 0.411 e. The van der Waals surface area contributed by atoms with Crippen LogP contribution in [-0.2, 0) is 4.74 Å². The summed E-state index contributed by atoms with van der Waals surface area (Å²) in [5.74, 6) is -0.292. The number of rotatable bonds is 4. The summed E-state index contributed by atoms with van der Waals surface area (Å²) < 4.78 is 10.3. The van der Waals surface area contributed by atoms with Gasteiger partial charge in [0.1, 0.15) is 0 Å². The Hall–Kier alpha value is -2.53. The molecule has 0 unspecified atom stereocenters. The standard InChI is InChI=1S/C17H16ClNO4/c1-3-22-17(21)19-14-9-4-6-11(2)15(14)23-16(20)12-7-5-8-13(18)10-12/h4-10H,3H2,1-2H3,(H,19,21). The van der Waals surface area contributed by atoms with Crippen LogP contribution in [-0.4, -0.2) is 18.7 Å². The molecule has 2 aromatic rings. The summed E-state index contributed by atoms with van der Waals surface area (Å²) in [6.45, 7) is 3.72. The fourth-order valence-electron chi connectivity index (χ4n) is 1.93. The van der Waals surface area contributed by atoms with E-state index in [4.69, 9.17) is 21.1 Å². The lowest BCUT2D eigenvalue weighted by molar-refractivity contribution is 0.0734. The van der Waals surface area contributed by atoms with Crippen molar-refractivity contribution in [2.24, 2.45) is 0 Å². The average molecular weight is 334 g/mol. The van der Waals surface area contributed by atoms with Crippen molar-refractivity contribution in [2.45, 2.75) is 13.8 Å². The number of aryl methyl sites for hydroxylation is 1. The number of hydrogen-bond donors (Lipinski definition) is 1. The van der Waals surface area contributed by atoms with E-state index in [1.807, 2.05) is 0 Å². The van der Waals surface area contributed by atoms with Gasteiger partial charge < -0.3 is 9.47 Å². The highest BCUT2D eigenvalue weighted by molar-refractivity contribution is 6.30. The number of para-hydroxylation sites is 1. The van der Waals surface area contributed by atoms with Crippen LogP contribution in [0.25, 0.3) is 0 Å². The molecule has 0 saturated heterocycles. The first-order chi connectivity index (χ1) is 11.0. The topological polar surface area (TPSA) is 64.6 Å². The van der Waals surface area contributed by atoms with Gasteiger partial charge in [0.2, 0.25) is 0 Å². The zero-order valence-electron chi connectivity index (χ0n) is 12.8. The number of halogens is 1. The third kappa shape index (κ3) is 4.47. The molecule has 1 amide bonds. The number of hydrogen-bond acceptors (Lipinski definition) is 4. The van der Waals surface area contributed by atoms with Crippen LogP contribution in [0.2, 0.25) is 5.02 Å². The van der Waals surface area contributed by atoms with E-state index in [0.29, 0.717) is 21.8 Å². The number of ether oxygens (including phenoxy) is 2. The summed E-state index contributed by atoms with van der Waals surface area (Å²) in [7, 11) is 0. The fourth-order valence-corrected chi connectivity index (χ4v) is 2.12. The monoisotopic (exact) mass is 333 g/mol. The summed E-state index contributed by atoms with van der Waals surface area (Å²) in [6, 6.07) is 11.6. The molecule has 6 heteroatoms. The van der Waals surface area contributed by atoms with E-state index in [2.05, 4.69) is 5.32 Å². The second kappa shape index (κ2) is 7.65. The molecule has 0 saturated carbocycles.